The van der Waals surface area contributed by atoms with Crippen LogP contribution in [0.2, 0.25) is 0 Å². The van der Waals surface area contributed by atoms with Gasteiger partial charge in [0.1, 0.15) is 0 Å². The van der Waals surface area contributed by atoms with Gasteiger partial charge < -0.3 is 15.0 Å². The Morgan fingerprint density at radius 1 is 1.00 bits per heavy atom. The van der Waals surface area contributed by atoms with Crippen LogP contribution in [0.15, 0.2) is 54.6 Å². The lowest BCUT2D eigenvalue weighted by Gasteiger charge is -2.36. The molecule has 142 valence electrons. The van der Waals surface area contributed by atoms with Gasteiger partial charge in [0.2, 0.25) is 11.8 Å². The summed E-state index contributed by atoms with van der Waals surface area (Å²) in [6, 6.07) is 17.4. The average Bonchev–Trinajstić information content (AvgIpc) is 2.70. The fourth-order valence-electron chi connectivity index (χ4n) is 3.41. The average molecular weight is 366 g/mol. The molecular weight excluding hydrogens is 340 g/mol. The van der Waals surface area contributed by atoms with E-state index in [4.69, 9.17) is 4.74 Å². The normalized spacial score (nSPS) is 15.8. The number of nitrogens with one attached hydrogen (secondary N) is 1. The molecular formula is C22H26N2O3. The van der Waals surface area contributed by atoms with Gasteiger partial charge in [0.25, 0.3) is 0 Å². The lowest BCUT2D eigenvalue weighted by atomic mass is 9.73. The van der Waals surface area contributed by atoms with Crippen LogP contribution < -0.4 is 5.32 Å². The van der Waals surface area contributed by atoms with E-state index >= 15 is 0 Å². The van der Waals surface area contributed by atoms with E-state index in [0.29, 0.717) is 32.5 Å². The highest BCUT2D eigenvalue weighted by Crippen LogP contribution is 2.36. The number of hydrogen-bond acceptors (Lipinski definition) is 3. The molecule has 0 aliphatic carbocycles. The van der Waals surface area contributed by atoms with E-state index in [2.05, 4.69) is 5.32 Å². The molecule has 2 amide bonds. The molecule has 1 heterocycles. The van der Waals surface area contributed by atoms with Crippen molar-refractivity contribution in [1.29, 1.82) is 0 Å². The number of nitrogens with zero attached hydrogens (tertiary/aromatic N) is 1. The number of anilines is 1. The van der Waals surface area contributed by atoms with Crippen molar-refractivity contribution < 1.29 is 14.3 Å². The summed E-state index contributed by atoms with van der Waals surface area (Å²) in [6.45, 7) is 1.15. The number of rotatable bonds is 5. The second kappa shape index (κ2) is 8.35. The van der Waals surface area contributed by atoms with Gasteiger partial charge in [-0.2, -0.15) is 0 Å². The fourth-order valence-corrected chi connectivity index (χ4v) is 3.41. The van der Waals surface area contributed by atoms with E-state index in [1.165, 1.54) is 0 Å². The highest BCUT2D eigenvalue weighted by Gasteiger charge is 2.41. The van der Waals surface area contributed by atoms with Gasteiger partial charge in [-0.05, 0) is 36.1 Å². The summed E-state index contributed by atoms with van der Waals surface area (Å²) in [6.07, 6.45) is 1.68. The predicted molar refractivity (Wildman–Crippen MR) is 106 cm³/mol. The van der Waals surface area contributed by atoms with Crippen LogP contribution in [-0.4, -0.2) is 44.0 Å². The number of benzene rings is 2. The second-order valence-electron chi connectivity index (χ2n) is 7.18. The number of likely N-dealkylation sites (N-methyl/N-ethyl adjacent to an activating group) is 1. The number of amides is 2. The van der Waals surface area contributed by atoms with Crippen LogP contribution in [0.4, 0.5) is 5.69 Å². The van der Waals surface area contributed by atoms with Crippen molar-refractivity contribution in [2.75, 3.05) is 32.6 Å². The molecule has 1 N–H and O–H groups in total. The van der Waals surface area contributed by atoms with Crippen molar-refractivity contribution in [2.45, 2.75) is 24.7 Å². The van der Waals surface area contributed by atoms with E-state index < -0.39 is 5.41 Å². The Labute approximate surface area is 160 Å². The minimum atomic E-state index is -0.570. The van der Waals surface area contributed by atoms with Crippen LogP contribution in [-0.2, 0) is 26.2 Å². The van der Waals surface area contributed by atoms with Crippen LogP contribution in [0.5, 0.6) is 0 Å². The van der Waals surface area contributed by atoms with Gasteiger partial charge in [-0.15, -0.1) is 0 Å². The number of carbonyl (C=O) groups is 2. The third-order valence-corrected chi connectivity index (χ3v) is 5.17. The minimum Gasteiger partial charge on any atom is -0.381 e. The molecule has 5 heteroatoms. The van der Waals surface area contributed by atoms with Gasteiger partial charge >= 0.3 is 0 Å². The monoisotopic (exact) mass is 366 g/mol. The Kier molecular flexibility index (Phi) is 5.91. The van der Waals surface area contributed by atoms with Crippen LogP contribution in [0, 0.1) is 0 Å². The maximum atomic E-state index is 13.2. The van der Waals surface area contributed by atoms with Crippen LogP contribution in [0.1, 0.15) is 24.0 Å². The highest BCUT2D eigenvalue weighted by atomic mass is 16.5. The zero-order chi connectivity index (χ0) is 19.3. The molecule has 3 rings (SSSR count). The Morgan fingerprint density at radius 3 is 2.22 bits per heavy atom. The lowest BCUT2D eigenvalue weighted by Crippen LogP contribution is -2.44. The Bertz CT molecular complexity index is 779. The third kappa shape index (κ3) is 4.37. The van der Waals surface area contributed by atoms with E-state index in [0.717, 1.165) is 16.8 Å². The van der Waals surface area contributed by atoms with Crippen molar-refractivity contribution in [2.24, 2.45) is 0 Å². The zero-order valence-corrected chi connectivity index (χ0v) is 15.9. The van der Waals surface area contributed by atoms with Crippen molar-refractivity contribution in [3.63, 3.8) is 0 Å². The van der Waals surface area contributed by atoms with Gasteiger partial charge in [0.15, 0.2) is 0 Å². The first kappa shape index (κ1) is 19.1. The SMILES string of the molecule is CN(C)C(=O)Cc1ccc(NC(=O)C2(c3ccccc3)CCOCC2)cc1. The van der Waals surface area contributed by atoms with Crippen LogP contribution in [0.25, 0.3) is 0 Å². The summed E-state index contributed by atoms with van der Waals surface area (Å²) in [4.78, 5) is 26.6. The Morgan fingerprint density at radius 2 is 1.63 bits per heavy atom. The molecule has 2 aromatic carbocycles. The molecule has 0 aromatic heterocycles. The topological polar surface area (TPSA) is 58.6 Å². The molecule has 0 radical (unpaired) electrons. The van der Waals surface area contributed by atoms with Crippen LogP contribution in [0.3, 0.4) is 0 Å². The molecule has 0 bridgehead atoms. The second-order valence-corrected chi connectivity index (χ2v) is 7.18. The molecule has 1 fully saturated rings. The molecule has 0 spiro atoms. The summed E-state index contributed by atoms with van der Waals surface area (Å²) in [5.41, 5.74) is 2.12. The fraction of sp³-hybridized carbons (Fsp3) is 0.364. The first-order chi connectivity index (χ1) is 13.0. The lowest BCUT2D eigenvalue weighted by molar-refractivity contribution is -0.128. The molecule has 0 saturated carbocycles. The molecule has 27 heavy (non-hydrogen) atoms. The first-order valence-electron chi connectivity index (χ1n) is 9.25. The summed E-state index contributed by atoms with van der Waals surface area (Å²) in [7, 11) is 3.49. The molecule has 2 aromatic rings. The molecule has 5 nitrogen and oxygen atoms in total. The standard InChI is InChI=1S/C22H26N2O3/c1-24(2)20(25)16-17-8-10-19(11-9-17)23-21(26)22(12-14-27-15-13-22)18-6-4-3-5-7-18/h3-11H,12-16H2,1-2H3,(H,23,26). The number of carbonyl (C=O) groups excluding carboxylic acids is 2. The van der Waals surface area contributed by atoms with Crippen LogP contribution >= 0.6 is 0 Å². The molecule has 1 saturated heterocycles. The Hall–Kier alpha value is -2.66. The first-order valence-corrected chi connectivity index (χ1v) is 9.25. The Balaban J connectivity index is 1.75. The summed E-state index contributed by atoms with van der Waals surface area (Å²) < 4.78 is 5.50. The van der Waals surface area contributed by atoms with Crippen molar-refractivity contribution >= 4 is 17.5 Å². The summed E-state index contributed by atoms with van der Waals surface area (Å²) >= 11 is 0. The van der Waals surface area contributed by atoms with Crippen molar-refractivity contribution in [1.82, 2.24) is 4.90 Å². The molecule has 1 aliphatic rings. The van der Waals surface area contributed by atoms with Gasteiger partial charge in [-0.3, -0.25) is 9.59 Å². The van der Waals surface area contributed by atoms with Gasteiger partial charge in [-0.25, -0.2) is 0 Å². The molecule has 1 aliphatic heterocycles. The number of ether oxygens (including phenoxy) is 1. The third-order valence-electron chi connectivity index (χ3n) is 5.17. The van der Waals surface area contributed by atoms with Gasteiger partial charge in [-0.1, -0.05) is 42.5 Å². The van der Waals surface area contributed by atoms with Crippen molar-refractivity contribution in [3.8, 4) is 0 Å². The minimum absolute atomic E-state index is 0.00545. The smallest absolute Gasteiger partial charge is 0.235 e. The zero-order valence-electron chi connectivity index (χ0n) is 15.9. The van der Waals surface area contributed by atoms with E-state index in [1.54, 1.807) is 19.0 Å². The van der Waals surface area contributed by atoms with Gasteiger partial charge in [0.05, 0.1) is 11.8 Å². The van der Waals surface area contributed by atoms with E-state index in [-0.39, 0.29) is 11.8 Å². The highest BCUT2D eigenvalue weighted by molar-refractivity contribution is 5.99. The molecule has 0 unspecified atom stereocenters. The van der Waals surface area contributed by atoms with E-state index in [9.17, 15) is 9.59 Å². The summed E-state index contributed by atoms with van der Waals surface area (Å²) in [5, 5.41) is 3.06. The molecule has 0 atom stereocenters. The summed E-state index contributed by atoms with van der Waals surface area (Å²) in [5.74, 6) is 0.0474. The van der Waals surface area contributed by atoms with E-state index in [1.807, 2.05) is 54.6 Å². The quantitative estimate of drug-likeness (QED) is 0.885. The maximum Gasteiger partial charge on any atom is 0.235 e. The maximum absolute atomic E-state index is 13.2. The predicted octanol–water partition coefficient (Wildman–Crippen LogP) is 3.00. The number of hydrogen-bond donors (Lipinski definition) is 1. The van der Waals surface area contributed by atoms with Crippen molar-refractivity contribution in [3.05, 3.63) is 65.7 Å². The van der Waals surface area contributed by atoms with Gasteiger partial charge in [0, 0.05) is 33.0 Å². The largest absolute Gasteiger partial charge is 0.381 e.